The molecule has 2 aromatic carbocycles. The van der Waals surface area contributed by atoms with E-state index >= 15 is 0 Å². The summed E-state index contributed by atoms with van der Waals surface area (Å²) in [5, 5.41) is 0. The summed E-state index contributed by atoms with van der Waals surface area (Å²) in [6.07, 6.45) is 13.2. The van der Waals surface area contributed by atoms with Gasteiger partial charge in [0, 0.05) is 0 Å². The lowest BCUT2D eigenvalue weighted by molar-refractivity contribution is 0.400. The summed E-state index contributed by atoms with van der Waals surface area (Å²) in [6.45, 7) is 4.79. The number of rotatable bonds is 3. The largest absolute Gasteiger partial charge is 0.496 e. The predicted octanol–water partition coefficient (Wildman–Crippen LogP) is 7.29. The number of allylic oxidation sites excluding steroid dienone is 4. The van der Waals surface area contributed by atoms with Crippen molar-refractivity contribution in [3.8, 4) is 5.75 Å². The highest BCUT2D eigenvalue weighted by Gasteiger charge is 2.29. The van der Waals surface area contributed by atoms with Crippen LogP contribution in [0.25, 0.3) is 5.57 Å². The van der Waals surface area contributed by atoms with Crippen LogP contribution in [0.4, 0.5) is 0 Å². The second-order valence-corrected chi connectivity index (χ2v) is 9.72. The van der Waals surface area contributed by atoms with Crippen molar-refractivity contribution in [1.29, 1.82) is 0 Å². The smallest absolute Gasteiger partial charge is 0.122 e. The maximum absolute atomic E-state index is 5.89. The van der Waals surface area contributed by atoms with Gasteiger partial charge in [-0.15, -0.1) is 0 Å². The monoisotopic (exact) mass is 398 g/mol. The zero-order valence-electron chi connectivity index (χ0n) is 18.7. The summed E-state index contributed by atoms with van der Waals surface area (Å²) in [5.41, 5.74) is 10.9. The van der Waals surface area contributed by atoms with Gasteiger partial charge in [-0.2, -0.15) is 0 Å². The van der Waals surface area contributed by atoms with Crippen LogP contribution < -0.4 is 4.74 Å². The van der Waals surface area contributed by atoms with E-state index in [0.29, 0.717) is 17.8 Å². The van der Waals surface area contributed by atoms with Gasteiger partial charge in [-0.1, -0.05) is 56.3 Å². The van der Waals surface area contributed by atoms with E-state index < -0.39 is 0 Å². The second kappa shape index (κ2) is 8.10. The molecule has 2 aromatic rings. The van der Waals surface area contributed by atoms with Gasteiger partial charge in [0.15, 0.2) is 0 Å². The first-order valence-electron chi connectivity index (χ1n) is 11.8. The van der Waals surface area contributed by atoms with Crippen molar-refractivity contribution in [3.05, 3.63) is 81.9 Å². The number of ether oxygens (including phenoxy) is 1. The minimum absolute atomic E-state index is 0.616. The summed E-state index contributed by atoms with van der Waals surface area (Å²) in [5.74, 6) is 3.00. The van der Waals surface area contributed by atoms with Crippen LogP contribution in [-0.4, -0.2) is 7.11 Å². The molecule has 1 nitrogen and oxygen atoms in total. The molecule has 156 valence electrons. The highest BCUT2D eigenvalue weighted by Crippen LogP contribution is 2.44. The van der Waals surface area contributed by atoms with E-state index in [-0.39, 0.29) is 0 Å². The van der Waals surface area contributed by atoms with Crippen molar-refractivity contribution in [3.63, 3.8) is 0 Å². The fraction of sp³-hybridized carbons (Fsp3) is 0.448. The second-order valence-electron chi connectivity index (χ2n) is 9.72. The maximum atomic E-state index is 5.89. The minimum Gasteiger partial charge on any atom is -0.496 e. The first-order chi connectivity index (χ1) is 14.7. The van der Waals surface area contributed by atoms with E-state index in [9.17, 15) is 0 Å². The van der Waals surface area contributed by atoms with Crippen LogP contribution in [0.2, 0.25) is 0 Å². The van der Waals surface area contributed by atoms with Gasteiger partial charge in [-0.05, 0) is 108 Å². The van der Waals surface area contributed by atoms with Crippen molar-refractivity contribution in [2.24, 2.45) is 11.8 Å². The highest BCUT2D eigenvalue weighted by molar-refractivity contribution is 5.76. The van der Waals surface area contributed by atoms with E-state index in [2.05, 4.69) is 62.4 Å². The first-order valence-corrected chi connectivity index (χ1v) is 11.8. The summed E-state index contributed by atoms with van der Waals surface area (Å²) in [7, 11) is 1.84. The molecule has 0 aliphatic heterocycles. The van der Waals surface area contributed by atoms with Crippen molar-refractivity contribution in [1.82, 2.24) is 0 Å². The molecule has 3 atom stereocenters. The van der Waals surface area contributed by atoms with Gasteiger partial charge in [0.1, 0.15) is 5.75 Å². The standard InChI is InChI=1S/C29H34O/c1-19-8-7-13-26-24(19)14-15-28(30-3)27(26)18-21-16-22-10-4-5-12-25(22)29-20(2)9-6-11-23(29)17-21/h4-6,10-12,14-15,19-21H,7-9,13,16-18H2,1-3H3. The molecule has 0 fully saturated rings. The molecule has 3 unspecified atom stereocenters. The Balaban J connectivity index is 1.56. The molecule has 30 heavy (non-hydrogen) atoms. The zero-order chi connectivity index (χ0) is 20.7. The zero-order valence-corrected chi connectivity index (χ0v) is 18.7. The SMILES string of the molecule is COc1ccc2c(c1CC1CC3=C(c4ccccc4C1)C(C)CC=C3)CCCC2C. The molecular formula is C29H34O. The Morgan fingerprint density at radius 2 is 1.87 bits per heavy atom. The Kier molecular flexibility index (Phi) is 5.31. The molecule has 3 aliphatic carbocycles. The Labute approximate surface area is 181 Å². The maximum Gasteiger partial charge on any atom is 0.122 e. The van der Waals surface area contributed by atoms with Gasteiger partial charge in [-0.25, -0.2) is 0 Å². The molecule has 0 saturated heterocycles. The van der Waals surface area contributed by atoms with E-state index in [4.69, 9.17) is 4.74 Å². The Morgan fingerprint density at radius 1 is 1.00 bits per heavy atom. The lowest BCUT2D eigenvalue weighted by atomic mass is 9.78. The predicted molar refractivity (Wildman–Crippen MR) is 126 cm³/mol. The van der Waals surface area contributed by atoms with Gasteiger partial charge in [0.05, 0.1) is 7.11 Å². The van der Waals surface area contributed by atoms with Crippen LogP contribution >= 0.6 is 0 Å². The Hall–Kier alpha value is -2.28. The first kappa shape index (κ1) is 19.7. The molecule has 0 saturated carbocycles. The molecule has 5 rings (SSSR count). The summed E-state index contributed by atoms with van der Waals surface area (Å²) >= 11 is 0. The molecule has 0 radical (unpaired) electrons. The van der Waals surface area contributed by atoms with Crippen LogP contribution in [0.1, 0.15) is 73.3 Å². The Bertz CT molecular complexity index is 1010. The van der Waals surface area contributed by atoms with E-state index in [1.54, 1.807) is 22.3 Å². The van der Waals surface area contributed by atoms with Gasteiger partial charge in [0.2, 0.25) is 0 Å². The third kappa shape index (κ3) is 3.43. The molecule has 0 bridgehead atoms. The fourth-order valence-electron chi connectivity index (χ4n) is 6.25. The lowest BCUT2D eigenvalue weighted by Crippen LogP contribution is -2.15. The third-order valence-corrected chi connectivity index (χ3v) is 7.70. The molecule has 0 heterocycles. The summed E-state index contributed by atoms with van der Waals surface area (Å²) < 4.78 is 5.89. The van der Waals surface area contributed by atoms with Gasteiger partial charge in [0.25, 0.3) is 0 Å². The topological polar surface area (TPSA) is 9.23 Å². The summed E-state index contributed by atoms with van der Waals surface area (Å²) in [4.78, 5) is 0. The van der Waals surface area contributed by atoms with Crippen LogP contribution in [0, 0.1) is 11.8 Å². The van der Waals surface area contributed by atoms with E-state index in [0.717, 1.165) is 25.0 Å². The minimum atomic E-state index is 0.616. The quantitative estimate of drug-likeness (QED) is 0.527. The highest BCUT2D eigenvalue weighted by atomic mass is 16.5. The number of fused-ring (bicyclic) bond motifs is 3. The van der Waals surface area contributed by atoms with Crippen molar-refractivity contribution >= 4 is 5.57 Å². The molecule has 0 spiro atoms. The third-order valence-electron chi connectivity index (χ3n) is 7.70. The van der Waals surface area contributed by atoms with E-state index in [1.807, 2.05) is 7.11 Å². The molecule has 3 aliphatic rings. The Morgan fingerprint density at radius 3 is 2.73 bits per heavy atom. The lowest BCUT2D eigenvalue weighted by Gasteiger charge is -2.28. The van der Waals surface area contributed by atoms with Crippen LogP contribution in [0.5, 0.6) is 5.75 Å². The fourth-order valence-corrected chi connectivity index (χ4v) is 6.25. The molecule has 0 aromatic heterocycles. The summed E-state index contributed by atoms with van der Waals surface area (Å²) in [6, 6.07) is 13.7. The molecular weight excluding hydrogens is 364 g/mol. The van der Waals surface area contributed by atoms with Gasteiger partial charge < -0.3 is 4.74 Å². The van der Waals surface area contributed by atoms with E-state index in [1.165, 1.54) is 42.4 Å². The van der Waals surface area contributed by atoms with Crippen molar-refractivity contribution in [2.45, 2.75) is 64.7 Å². The van der Waals surface area contributed by atoms with Crippen LogP contribution in [0.3, 0.4) is 0 Å². The average Bonchev–Trinajstić information content (AvgIpc) is 2.91. The van der Waals surface area contributed by atoms with Crippen molar-refractivity contribution < 1.29 is 4.74 Å². The number of benzene rings is 2. The molecule has 0 amide bonds. The van der Waals surface area contributed by atoms with Gasteiger partial charge >= 0.3 is 0 Å². The molecule has 0 N–H and O–H groups in total. The van der Waals surface area contributed by atoms with Crippen LogP contribution in [-0.2, 0) is 19.3 Å². The van der Waals surface area contributed by atoms with Gasteiger partial charge in [-0.3, -0.25) is 0 Å². The average molecular weight is 399 g/mol. The number of hydrogen-bond donors (Lipinski definition) is 0. The molecule has 1 heteroatoms. The number of hydrogen-bond acceptors (Lipinski definition) is 1. The normalized spacial score (nSPS) is 25.2. The number of methoxy groups -OCH3 is 1. The van der Waals surface area contributed by atoms with Crippen molar-refractivity contribution in [2.75, 3.05) is 7.11 Å². The van der Waals surface area contributed by atoms with Crippen LogP contribution in [0.15, 0.2) is 54.1 Å².